The highest BCUT2D eigenvalue weighted by Crippen LogP contribution is 2.36. The van der Waals surface area contributed by atoms with Crippen LogP contribution in [-0.2, 0) is 40.3 Å². The first kappa shape index (κ1) is 25.0. The third kappa shape index (κ3) is 6.01. The number of ether oxygens (including phenoxy) is 5. The minimum atomic E-state index is -0.484. The molecule has 0 aliphatic carbocycles. The van der Waals surface area contributed by atoms with E-state index in [4.69, 9.17) is 23.7 Å². The van der Waals surface area contributed by atoms with Crippen LogP contribution in [0.1, 0.15) is 57.7 Å². The number of carbonyl (C=O) groups excluding carboxylic acids is 1. The molecule has 2 aliphatic rings. The van der Waals surface area contributed by atoms with Crippen LogP contribution in [0.4, 0.5) is 0 Å². The number of phenols is 1. The number of hydrogen-bond donors (Lipinski definition) is 1. The van der Waals surface area contributed by atoms with E-state index in [0.717, 1.165) is 16.7 Å². The Hall–Kier alpha value is -1.67. The summed E-state index contributed by atoms with van der Waals surface area (Å²) < 4.78 is 28.3. The van der Waals surface area contributed by atoms with Gasteiger partial charge in [-0.25, -0.2) is 0 Å². The molecule has 7 heteroatoms. The number of esters is 1. The molecule has 0 unspecified atom stereocenters. The first-order valence-corrected chi connectivity index (χ1v) is 11.3. The molecule has 0 bridgehead atoms. The molecule has 0 amide bonds. The van der Waals surface area contributed by atoms with E-state index >= 15 is 0 Å². The van der Waals surface area contributed by atoms with E-state index in [-0.39, 0.29) is 29.8 Å². The fraction of sp³-hybridized carbons (Fsp3) is 0.720. The largest absolute Gasteiger partial charge is 0.507 e. The molecule has 1 N–H and O–H groups in total. The first-order chi connectivity index (χ1) is 14.9. The predicted octanol–water partition coefficient (Wildman–Crippen LogP) is 3.86. The number of rotatable bonds is 6. The van der Waals surface area contributed by atoms with Crippen molar-refractivity contribution in [1.29, 1.82) is 0 Å². The normalized spacial score (nSPS) is 19.8. The molecule has 0 atom stereocenters. The zero-order chi connectivity index (χ0) is 23.6. The lowest BCUT2D eigenvalue weighted by molar-refractivity contribution is -0.307. The van der Waals surface area contributed by atoms with Gasteiger partial charge in [-0.2, -0.15) is 0 Å². The highest BCUT2D eigenvalue weighted by molar-refractivity contribution is 5.69. The Bertz CT molecular complexity index is 793. The summed E-state index contributed by atoms with van der Waals surface area (Å²) >= 11 is 0. The first-order valence-electron chi connectivity index (χ1n) is 11.3. The quantitative estimate of drug-likeness (QED) is 0.659. The lowest BCUT2D eigenvalue weighted by Gasteiger charge is -2.45. The summed E-state index contributed by atoms with van der Waals surface area (Å²) in [5, 5.41) is 10.4. The third-order valence-electron chi connectivity index (χ3n) is 6.09. The van der Waals surface area contributed by atoms with E-state index in [1.165, 1.54) is 0 Å². The van der Waals surface area contributed by atoms with Crippen molar-refractivity contribution in [2.45, 2.75) is 66.1 Å². The van der Waals surface area contributed by atoms with E-state index in [9.17, 15) is 9.90 Å². The van der Waals surface area contributed by atoms with Gasteiger partial charge in [0.05, 0.1) is 31.8 Å². The van der Waals surface area contributed by atoms with Crippen molar-refractivity contribution in [3.63, 3.8) is 0 Å². The molecule has 2 fully saturated rings. The minimum Gasteiger partial charge on any atom is -0.507 e. The van der Waals surface area contributed by atoms with Crippen LogP contribution in [0.25, 0.3) is 0 Å². The average Bonchev–Trinajstić information content (AvgIpc) is 2.73. The second-order valence-corrected chi connectivity index (χ2v) is 11.0. The Labute approximate surface area is 191 Å². The summed E-state index contributed by atoms with van der Waals surface area (Å²) in [6.45, 7) is 14.6. The van der Waals surface area contributed by atoms with Gasteiger partial charge in [0.15, 0.2) is 6.29 Å². The van der Waals surface area contributed by atoms with Crippen molar-refractivity contribution in [3.05, 3.63) is 28.8 Å². The summed E-state index contributed by atoms with van der Waals surface area (Å²) in [6, 6.07) is 3.91. The molecule has 1 aromatic rings. The summed E-state index contributed by atoms with van der Waals surface area (Å²) in [4.78, 5) is 12.4. The molecule has 180 valence electrons. The number of hydrogen-bond acceptors (Lipinski definition) is 7. The Kier molecular flexibility index (Phi) is 7.55. The monoisotopic (exact) mass is 450 g/mol. The average molecular weight is 451 g/mol. The maximum Gasteiger partial charge on any atom is 0.306 e. The number of aryl methyl sites for hydroxylation is 2. The van der Waals surface area contributed by atoms with Crippen molar-refractivity contribution in [3.8, 4) is 5.75 Å². The molecule has 3 rings (SSSR count). The van der Waals surface area contributed by atoms with Crippen molar-refractivity contribution in [1.82, 2.24) is 0 Å². The zero-order valence-corrected chi connectivity index (χ0v) is 20.3. The van der Waals surface area contributed by atoms with E-state index < -0.39 is 11.7 Å². The van der Waals surface area contributed by atoms with Gasteiger partial charge in [-0.3, -0.25) is 4.79 Å². The molecule has 2 aliphatic heterocycles. The molecular weight excluding hydrogens is 412 g/mol. The van der Waals surface area contributed by atoms with E-state index in [1.54, 1.807) is 0 Å². The molecule has 1 aromatic carbocycles. The minimum absolute atomic E-state index is 0.177. The molecule has 0 saturated carbocycles. The number of phenolic OH excluding ortho intramolecular Hbond substituents is 1. The Morgan fingerprint density at radius 3 is 2.31 bits per heavy atom. The zero-order valence-electron chi connectivity index (χ0n) is 20.3. The van der Waals surface area contributed by atoms with Crippen molar-refractivity contribution >= 4 is 5.97 Å². The van der Waals surface area contributed by atoms with Gasteiger partial charge in [-0.15, -0.1) is 0 Å². The summed E-state index contributed by atoms with van der Waals surface area (Å²) in [5.74, 6) is 0.0636. The molecule has 0 aromatic heterocycles. The maximum atomic E-state index is 12.4. The highest BCUT2D eigenvalue weighted by atomic mass is 16.7. The van der Waals surface area contributed by atoms with Gasteiger partial charge in [0.25, 0.3) is 0 Å². The highest BCUT2D eigenvalue weighted by Gasteiger charge is 2.44. The van der Waals surface area contributed by atoms with Gasteiger partial charge in [0, 0.05) is 11.8 Å². The molecule has 7 nitrogen and oxygen atoms in total. The van der Waals surface area contributed by atoms with Crippen molar-refractivity contribution in [2.24, 2.45) is 10.8 Å². The van der Waals surface area contributed by atoms with Crippen LogP contribution < -0.4 is 0 Å². The predicted molar refractivity (Wildman–Crippen MR) is 120 cm³/mol. The second-order valence-electron chi connectivity index (χ2n) is 11.0. The van der Waals surface area contributed by atoms with Gasteiger partial charge in [0.2, 0.25) is 0 Å². The Balaban J connectivity index is 1.49. The molecule has 0 radical (unpaired) electrons. The van der Waals surface area contributed by atoms with E-state index in [1.807, 2.05) is 32.9 Å². The van der Waals surface area contributed by atoms with Gasteiger partial charge in [-0.05, 0) is 35.4 Å². The van der Waals surface area contributed by atoms with Crippen LogP contribution in [0.3, 0.4) is 0 Å². The number of benzene rings is 1. The fourth-order valence-electron chi connectivity index (χ4n) is 4.05. The number of carbonyl (C=O) groups is 1. The summed E-state index contributed by atoms with van der Waals surface area (Å²) in [5.41, 5.74) is 1.81. The summed E-state index contributed by atoms with van der Waals surface area (Å²) in [6.07, 6.45) is 0.369. The van der Waals surface area contributed by atoms with Gasteiger partial charge in [0.1, 0.15) is 19.1 Å². The standard InChI is InChI=1S/C25H38O7/c1-17-9-18(10-19(21(17)27)23(2,3)4)7-8-20(26)30-11-24(5,6)22-31-14-25(15-32-22)12-28-16-29-13-25/h9-10,22,27H,7-8,11-16H2,1-6H3. The van der Waals surface area contributed by atoms with Crippen molar-refractivity contribution in [2.75, 3.05) is 39.8 Å². The SMILES string of the molecule is Cc1cc(CCC(=O)OCC(C)(C)C2OCC3(COCOC3)CO2)cc(C(C)(C)C)c1O. The smallest absolute Gasteiger partial charge is 0.306 e. The lowest BCUT2D eigenvalue weighted by atomic mass is 9.83. The lowest BCUT2D eigenvalue weighted by Crippen LogP contribution is -2.53. The Morgan fingerprint density at radius 2 is 1.72 bits per heavy atom. The molecule has 1 spiro atoms. The van der Waals surface area contributed by atoms with Gasteiger partial charge in [-0.1, -0.05) is 46.8 Å². The fourth-order valence-corrected chi connectivity index (χ4v) is 4.05. The third-order valence-corrected chi connectivity index (χ3v) is 6.09. The number of aromatic hydroxyl groups is 1. The van der Waals surface area contributed by atoms with Gasteiger partial charge >= 0.3 is 5.97 Å². The summed E-state index contributed by atoms with van der Waals surface area (Å²) in [7, 11) is 0. The van der Waals surface area contributed by atoms with E-state index in [0.29, 0.717) is 45.4 Å². The van der Waals surface area contributed by atoms with Crippen LogP contribution in [0.2, 0.25) is 0 Å². The maximum absolute atomic E-state index is 12.4. The molecular formula is C25H38O7. The molecule has 2 saturated heterocycles. The second kappa shape index (κ2) is 9.67. The van der Waals surface area contributed by atoms with Crippen LogP contribution in [0.15, 0.2) is 12.1 Å². The van der Waals surface area contributed by atoms with Crippen LogP contribution in [0.5, 0.6) is 5.75 Å². The Morgan fingerprint density at radius 1 is 1.09 bits per heavy atom. The molecule has 32 heavy (non-hydrogen) atoms. The van der Waals surface area contributed by atoms with Crippen LogP contribution >= 0.6 is 0 Å². The van der Waals surface area contributed by atoms with Crippen molar-refractivity contribution < 1.29 is 33.6 Å². The van der Waals surface area contributed by atoms with Crippen LogP contribution in [0, 0.1) is 17.8 Å². The van der Waals surface area contributed by atoms with Gasteiger partial charge < -0.3 is 28.8 Å². The molecule has 2 heterocycles. The van der Waals surface area contributed by atoms with E-state index in [2.05, 4.69) is 20.8 Å². The topological polar surface area (TPSA) is 83.5 Å². The van der Waals surface area contributed by atoms with Crippen LogP contribution in [-0.4, -0.2) is 57.2 Å².